The minimum Gasteiger partial charge on any atom is -0.486 e. The Kier molecular flexibility index (Phi) is 4.30. The first-order valence-corrected chi connectivity index (χ1v) is 4.13. The number of nitrogens with two attached hydrogens (primary N) is 1. The third-order valence-electron chi connectivity index (χ3n) is 1.52. The van der Waals surface area contributed by atoms with Gasteiger partial charge in [0.1, 0.15) is 13.2 Å². The Morgan fingerprint density at radius 3 is 2.00 bits per heavy atom. The van der Waals surface area contributed by atoms with Gasteiger partial charge in [-0.1, -0.05) is 12.1 Å². The van der Waals surface area contributed by atoms with Crippen molar-refractivity contribution in [3.63, 3.8) is 0 Å². The number of fused-ring (bicyclic) bond motifs is 1. The van der Waals surface area contributed by atoms with Crippen LogP contribution in [0.15, 0.2) is 24.3 Å². The lowest BCUT2D eigenvalue weighted by molar-refractivity contribution is -0.109. The molecular formula is C9H12N2O3. The molecule has 1 aromatic rings. The molecule has 5 nitrogen and oxygen atoms in total. The maximum Gasteiger partial charge on any atom is 0.221 e. The first kappa shape index (κ1) is 10.3. The van der Waals surface area contributed by atoms with Crippen molar-refractivity contribution >= 4 is 6.41 Å². The molecular weight excluding hydrogens is 184 g/mol. The summed E-state index contributed by atoms with van der Waals surface area (Å²) in [4.78, 5) is 8.94. The number of ether oxygens (including phenoxy) is 2. The fraction of sp³-hybridized carbons (Fsp3) is 0.222. The average molecular weight is 196 g/mol. The fourth-order valence-corrected chi connectivity index (χ4v) is 0.992. The summed E-state index contributed by atoms with van der Waals surface area (Å²) < 4.78 is 10.6. The highest BCUT2D eigenvalue weighted by atomic mass is 16.6. The summed E-state index contributed by atoms with van der Waals surface area (Å²) in [6.07, 6.45) is 0.403. The average Bonchev–Trinajstić information content (AvgIpc) is 2.30. The lowest BCUT2D eigenvalue weighted by atomic mass is 10.3. The summed E-state index contributed by atoms with van der Waals surface area (Å²) in [7, 11) is 0. The quantitative estimate of drug-likeness (QED) is 0.288. The van der Waals surface area contributed by atoms with Crippen LogP contribution in [0, 0.1) is 0 Å². The highest BCUT2D eigenvalue weighted by Gasteiger charge is 2.07. The predicted molar refractivity (Wildman–Crippen MR) is 50.8 cm³/mol. The second kappa shape index (κ2) is 5.82. The van der Waals surface area contributed by atoms with E-state index >= 15 is 0 Å². The molecule has 1 heterocycles. The number of carbonyl (C=O) groups is 1. The largest absolute Gasteiger partial charge is 0.486 e. The summed E-state index contributed by atoms with van der Waals surface area (Å²) in [5.41, 5.74) is 1.75. The number of carbonyl (C=O) groups excluding carboxylic acids is 1. The van der Waals surface area contributed by atoms with Gasteiger partial charge in [0.15, 0.2) is 11.5 Å². The van der Waals surface area contributed by atoms with Crippen molar-refractivity contribution in [3.05, 3.63) is 24.3 Å². The van der Waals surface area contributed by atoms with E-state index in [1.807, 2.05) is 24.3 Å². The van der Waals surface area contributed by atoms with Gasteiger partial charge in [0.2, 0.25) is 6.41 Å². The second-order valence-electron chi connectivity index (χ2n) is 2.43. The van der Waals surface area contributed by atoms with Gasteiger partial charge in [-0.05, 0) is 12.1 Å². The molecule has 0 spiro atoms. The van der Waals surface area contributed by atoms with Crippen LogP contribution < -0.4 is 20.7 Å². The Morgan fingerprint density at radius 1 is 1.21 bits per heavy atom. The maximum atomic E-state index is 8.94. The number of benzene rings is 1. The third-order valence-corrected chi connectivity index (χ3v) is 1.52. The van der Waals surface area contributed by atoms with Crippen LogP contribution in [0.5, 0.6) is 11.5 Å². The normalized spacial score (nSPS) is 12.1. The molecule has 0 saturated heterocycles. The van der Waals surface area contributed by atoms with E-state index in [0.29, 0.717) is 19.6 Å². The van der Waals surface area contributed by atoms with E-state index in [2.05, 4.69) is 5.84 Å². The summed E-state index contributed by atoms with van der Waals surface area (Å²) in [5.74, 6) is 6.12. The number of amides is 1. The maximum absolute atomic E-state index is 8.94. The first-order chi connectivity index (χ1) is 6.88. The molecule has 0 saturated carbocycles. The Balaban J connectivity index is 0.000000213. The standard InChI is InChI=1S/C8H8O2.CH4N2O/c1-2-4-8-7(3-1)9-5-6-10-8;2-3-1-4/h1-4H,5-6H2;1H,2H2,(H,3,4). The Labute approximate surface area is 81.8 Å². The van der Waals surface area contributed by atoms with Crippen molar-refractivity contribution in [1.29, 1.82) is 0 Å². The number of rotatable bonds is 1. The summed E-state index contributed by atoms with van der Waals surface area (Å²) in [6, 6.07) is 7.70. The Hall–Kier alpha value is -1.75. The van der Waals surface area contributed by atoms with E-state index in [1.54, 1.807) is 5.43 Å². The molecule has 1 aliphatic heterocycles. The molecule has 0 atom stereocenters. The molecule has 1 aliphatic rings. The molecule has 0 aromatic heterocycles. The van der Waals surface area contributed by atoms with Gasteiger partial charge in [-0.15, -0.1) is 0 Å². The van der Waals surface area contributed by atoms with Crippen molar-refractivity contribution in [3.8, 4) is 11.5 Å². The number of para-hydroxylation sites is 2. The van der Waals surface area contributed by atoms with Crippen LogP contribution in [0.3, 0.4) is 0 Å². The highest BCUT2D eigenvalue weighted by molar-refractivity contribution is 5.44. The molecule has 0 aliphatic carbocycles. The highest BCUT2D eigenvalue weighted by Crippen LogP contribution is 2.28. The predicted octanol–water partition coefficient (Wildman–Crippen LogP) is 0.0639. The van der Waals surface area contributed by atoms with Gasteiger partial charge < -0.3 is 9.47 Å². The van der Waals surface area contributed by atoms with E-state index in [-0.39, 0.29) is 0 Å². The molecule has 3 N–H and O–H groups in total. The Bertz CT molecular complexity index is 266. The molecule has 2 rings (SSSR count). The Morgan fingerprint density at radius 2 is 1.64 bits per heavy atom. The van der Waals surface area contributed by atoms with Crippen LogP contribution in [0.4, 0.5) is 0 Å². The van der Waals surface area contributed by atoms with E-state index in [9.17, 15) is 0 Å². The van der Waals surface area contributed by atoms with Crippen LogP contribution in [0.1, 0.15) is 0 Å². The van der Waals surface area contributed by atoms with Gasteiger partial charge in [0.05, 0.1) is 0 Å². The van der Waals surface area contributed by atoms with Crippen LogP contribution in [0.2, 0.25) is 0 Å². The van der Waals surface area contributed by atoms with E-state index in [1.165, 1.54) is 0 Å². The zero-order valence-electron chi connectivity index (χ0n) is 7.60. The lowest BCUT2D eigenvalue weighted by Gasteiger charge is -2.17. The molecule has 1 amide bonds. The van der Waals surface area contributed by atoms with Gasteiger partial charge in [-0.2, -0.15) is 0 Å². The number of nitrogens with one attached hydrogen (secondary N) is 1. The van der Waals surface area contributed by atoms with Gasteiger partial charge in [-0.3, -0.25) is 10.2 Å². The van der Waals surface area contributed by atoms with E-state index in [4.69, 9.17) is 14.3 Å². The van der Waals surface area contributed by atoms with Gasteiger partial charge >= 0.3 is 0 Å². The van der Waals surface area contributed by atoms with E-state index < -0.39 is 0 Å². The van der Waals surface area contributed by atoms with E-state index in [0.717, 1.165) is 11.5 Å². The zero-order valence-corrected chi connectivity index (χ0v) is 7.60. The summed E-state index contributed by atoms with van der Waals surface area (Å²) in [6.45, 7) is 1.33. The topological polar surface area (TPSA) is 73.6 Å². The van der Waals surface area contributed by atoms with Crippen LogP contribution in [-0.2, 0) is 4.79 Å². The SMILES string of the molecule is NNC=O.c1ccc2c(c1)OCCO2. The van der Waals surface area contributed by atoms with Crippen LogP contribution >= 0.6 is 0 Å². The second-order valence-corrected chi connectivity index (χ2v) is 2.43. The van der Waals surface area contributed by atoms with Gasteiger partial charge in [0, 0.05) is 0 Å². The molecule has 0 unspecified atom stereocenters. The summed E-state index contributed by atoms with van der Waals surface area (Å²) >= 11 is 0. The fourth-order valence-electron chi connectivity index (χ4n) is 0.992. The molecule has 0 fully saturated rings. The molecule has 0 radical (unpaired) electrons. The molecule has 5 heteroatoms. The van der Waals surface area contributed by atoms with Crippen LogP contribution in [-0.4, -0.2) is 19.6 Å². The molecule has 14 heavy (non-hydrogen) atoms. The molecule has 76 valence electrons. The van der Waals surface area contributed by atoms with Crippen molar-refractivity contribution in [2.75, 3.05) is 13.2 Å². The minimum absolute atomic E-state index is 0.403. The zero-order chi connectivity index (χ0) is 10.2. The van der Waals surface area contributed by atoms with Crippen LogP contribution in [0.25, 0.3) is 0 Å². The van der Waals surface area contributed by atoms with Crippen molar-refractivity contribution in [2.24, 2.45) is 5.84 Å². The number of hydrogen-bond acceptors (Lipinski definition) is 4. The van der Waals surface area contributed by atoms with Crippen molar-refractivity contribution in [1.82, 2.24) is 5.43 Å². The first-order valence-electron chi connectivity index (χ1n) is 4.13. The van der Waals surface area contributed by atoms with Gasteiger partial charge in [0.25, 0.3) is 0 Å². The number of hydrogen-bond donors (Lipinski definition) is 2. The van der Waals surface area contributed by atoms with Crippen molar-refractivity contribution in [2.45, 2.75) is 0 Å². The monoisotopic (exact) mass is 196 g/mol. The summed E-state index contributed by atoms with van der Waals surface area (Å²) in [5, 5.41) is 0. The number of hydrazine groups is 1. The smallest absolute Gasteiger partial charge is 0.221 e. The van der Waals surface area contributed by atoms with Gasteiger partial charge in [-0.25, -0.2) is 5.84 Å². The van der Waals surface area contributed by atoms with Crippen molar-refractivity contribution < 1.29 is 14.3 Å². The third kappa shape index (κ3) is 2.95. The minimum atomic E-state index is 0.403. The molecule has 1 aromatic carbocycles. The lowest BCUT2D eigenvalue weighted by Crippen LogP contribution is -2.18. The molecule has 0 bridgehead atoms.